The Balaban J connectivity index is 1.54. The number of hydrogen-bond acceptors (Lipinski definition) is 5. The molecule has 1 aliphatic rings. The van der Waals surface area contributed by atoms with Crippen LogP contribution in [-0.2, 0) is 27.8 Å². The monoisotopic (exact) mass is 473 g/mol. The van der Waals surface area contributed by atoms with E-state index in [9.17, 15) is 13.2 Å². The standard InChI is InChI=1S/C25H35N3O4S/c1-5-28(6-2)33(30,31)24-13-9-21(10-14-24)15-26-25(29)23-11-7-22(8-12-23)18-27-16-19(3)32-20(4)17-27/h7-14,19-20H,5-6,15-18H2,1-4H3,(H,26,29). The summed E-state index contributed by atoms with van der Waals surface area (Å²) in [5, 5.41) is 2.91. The molecule has 0 aliphatic carbocycles. The van der Waals surface area contributed by atoms with Crippen molar-refractivity contribution in [3.8, 4) is 0 Å². The van der Waals surface area contributed by atoms with Gasteiger partial charge in [0.05, 0.1) is 17.1 Å². The fraction of sp³-hybridized carbons (Fsp3) is 0.480. The van der Waals surface area contributed by atoms with Gasteiger partial charge in [0, 0.05) is 44.8 Å². The molecule has 7 nitrogen and oxygen atoms in total. The van der Waals surface area contributed by atoms with E-state index in [2.05, 4.69) is 24.1 Å². The van der Waals surface area contributed by atoms with Gasteiger partial charge in [-0.2, -0.15) is 4.31 Å². The Kier molecular flexibility index (Phi) is 8.64. The van der Waals surface area contributed by atoms with Crippen molar-refractivity contribution in [1.82, 2.24) is 14.5 Å². The number of rotatable bonds is 9. The van der Waals surface area contributed by atoms with E-state index in [1.54, 1.807) is 24.3 Å². The Morgan fingerprint density at radius 2 is 1.52 bits per heavy atom. The largest absolute Gasteiger partial charge is 0.373 e. The van der Waals surface area contributed by atoms with Crippen molar-refractivity contribution in [1.29, 1.82) is 0 Å². The first kappa shape index (κ1) is 25.4. The third-order valence-electron chi connectivity index (χ3n) is 5.84. The molecule has 180 valence electrons. The first-order chi connectivity index (χ1) is 15.7. The molecule has 1 saturated heterocycles. The van der Waals surface area contributed by atoms with E-state index in [1.807, 2.05) is 38.1 Å². The van der Waals surface area contributed by atoms with Gasteiger partial charge in [0.1, 0.15) is 0 Å². The maximum Gasteiger partial charge on any atom is 0.251 e. The summed E-state index contributed by atoms with van der Waals surface area (Å²) in [5.41, 5.74) is 2.61. The molecule has 1 fully saturated rings. The fourth-order valence-electron chi connectivity index (χ4n) is 4.21. The fourth-order valence-corrected chi connectivity index (χ4v) is 5.67. The number of ether oxygens (including phenoxy) is 1. The molecule has 1 N–H and O–H groups in total. The van der Waals surface area contributed by atoms with Crippen molar-refractivity contribution in [2.75, 3.05) is 26.2 Å². The molecule has 0 bridgehead atoms. The van der Waals surface area contributed by atoms with E-state index in [-0.39, 0.29) is 23.0 Å². The minimum atomic E-state index is -3.48. The lowest BCUT2D eigenvalue weighted by atomic mass is 10.1. The van der Waals surface area contributed by atoms with Gasteiger partial charge in [0.15, 0.2) is 0 Å². The van der Waals surface area contributed by atoms with Crippen molar-refractivity contribution in [3.63, 3.8) is 0 Å². The van der Waals surface area contributed by atoms with Gasteiger partial charge in [-0.1, -0.05) is 38.1 Å². The summed E-state index contributed by atoms with van der Waals surface area (Å²) in [4.78, 5) is 15.2. The SMILES string of the molecule is CCN(CC)S(=O)(=O)c1ccc(CNC(=O)c2ccc(CN3CC(C)OC(C)C3)cc2)cc1. The zero-order valence-corrected chi connectivity index (χ0v) is 20.8. The predicted octanol–water partition coefficient (Wildman–Crippen LogP) is 3.26. The highest BCUT2D eigenvalue weighted by Gasteiger charge is 2.22. The van der Waals surface area contributed by atoms with Crippen LogP contribution >= 0.6 is 0 Å². The summed E-state index contributed by atoms with van der Waals surface area (Å²) >= 11 is 0. The van der Waals surface area contributed by atoms with Crippen LogP contribution in [0.15, 0.2) is 53.4 Å². The highest BCUT2D eigenvalue weighted by molar-refractivity contribution is 7.89. The van der Waals surface area contributed by atoms with Gasteiger partial charge in [-0.05, 0) is 49.2 Å². The van der Waals surface area contributed by atoms with Crippen LogP contribution in [0.4, 0.5) is 0 Å². The van der Waals surface area contributed by atoms with E-state index in [1.165, 1.54) is 4.31 Å². The van der Waals surface area contributed by atoms with Crippen LogP contribution in [0.5, 0.6) is 0 Å². The van der Waals surface area contributed by atoms with Gasteiger partial charge in [-0.25, -0.2) is 8.42 Å². The Labute approximate surface area is 197 Å². The number of carbonyl (C=O) groups is 1. The molecule has 2 unspecified atom stereocenters. The van der Waals surface area contributed by atoms with Crippen LogP contribution in [0.2, 0.25) is 0 Å². The smallest absolute Gasteiger partial charge is 0.251 e. The molecule has 2 atom stereocenters. The van der Waals surface area contributed by atoms with E-state index < -0.39 is 10.0 Å². The van der Waals surface area contributed by atoms with E-state index in [0.29, 0.717) is 25.2 Å². The highest BCUT2D eigenvalue weighted by atomic mass is 32.2. The van der Waals surface area contributed by atoms with Gasteiger partial charge in [-0.3, -0.25) is 9.69 Å². The van der Waals surface area contributed by atoms with Crippen molar-refractivity contribution >= 4 is 15.9 Å². The predicted molar refractivity (Wildman–Crippen MR) is 129 cm³/mol. The number of hydrogen-bond donors (Lipinski definition) is 1. The zero-order chi connectivity index (χ0) is 24.0. The third-order valence-corrected chi connectivity index (χ3v) is 7.90. The lowest BCUT2D eigenvalue weighted by Gasteiger charge is -2.35. The molecular weight excluding hydrogens is 438 g/mol. The second-order valence-corrected chi connectivity index (χ2v) is 10.5. The van der Waals surface area contributed by atoms with E-state index >= 15 is 0 Å². The summed E-state index contributed by atoms with van der Waals surface area (Å²) in [5.74, 6) is -0.157. The number of carbonyl (C=O) groups excluding carboxylic acids is 1. The molecule has 0 saturated carbocycles. The Morgan fingerprint density at radius 1 is 0.970 bits per heavy atom. The second-order valence-electron chi connectivity index (χ2n) is 8.56. The molecule has 0 spiro atoms. The van der Waals surface area contributed by atoms with Gasteiger partial charge >= 0.3 is 0 Å². The minimum absolute atomic E-state index is 0.157. The first-order valence-corrected chi connectivity index (χ1v) is 13.0. The summed E-state index contributed by atoms with van der Waals surface area (Å²) in [7, 11) is -3.48. The second kappa shape index (κ2) is 11.2. The molecule has 0 aromatic heterocycles. The number of nitrogens with one attached hydrogen (secondary N) is 1. The van der Waals surface area contributed by atoms with Gasteiger partial charge in [-0.15, -0.1) is 0 Å². The first-order valence-electron chi connectivity index (χ1n) is 11.6. The maximum absolute atomic E-state index is 12.6. The van der Waals surface area contributed by atoms with Crippen LogP contribution in [0.3, 0.4) is 0 Å². The Morgan fingerprint density at radius 3 is 2.06 bits per heavy atom. The number of amides is 1. The number of sulfonamides is 1. The van der Waals surface area contributed by atoms with Crippen LogP contribution in [0.25, 0.3) is 0 Å². The van der Waals surface area contributed by atoms with Crippen molar-refractivity contribution in [2.45, 2.75) is 57.9 Å². The summed E-state index contributed by atoms with van der Waals surface area (Å²) in [6.45, 7) is 11.7. The quantitative estimate of drug-likeness (QED) is 0.605. The average Bonchev–Trinajstić information content (AvgIpc) is 2.78. The van der Waals surface area contributed by atoms with E-state index in [4.69, 9.17) is 4.74 Å². The van der Waals surface area contributed by atoms with Crippen molar-refractivity contribution < 1.29 is 17.9 Å². The average molecular weight is 474 g/mol. The molecule has 1 aliphatic heterocycles. The number of nitrogens with zero attached hydrogens (tertiary/aromatic N) is 2. The molecule has 2 aromatic carbocycles. The zero-order valence-electron chi connectivity index (χ0n) is 20.0. The lowest BCUT2D eigenvalue weighted by molar-refractivity contribution is -0.0704. The minimum Gasteiger partial charge on any atom is -0.373 e. The van der Waals surface area contributed by atoms with Crippen LogP contribution in [-0.4, -0.2) is 61.9 Å². The van der Waals surface area contributed by atoms with Gasteiger partial charge < -0.3 is 10.1 Å². The molecule has 2 aromatic rings. The highest BCUT2D eigenvalue weighted by Crippen LogP contribution is 2.17. The number of morpholine rings is 1. The van der Waals surface area contributed by atoms with Crippen LogP contribution in [0, 0.1) is 0 Å². The van der Waals surface area contributed by atoms with Crippen molar-refractivity contribution in [2.24, 2.45) is 0 Å². The normalized spacial score (nSPS) is 19.5. The summed E-state index contributed by atoms with van der Waals surface area (Å²) < 4.78 is 32.4. The molecular formula is C25H35N3O4S. The van der Waals surface area contributed by atoms with E-state index in [0.717, 1.165) is 30.8 Å². The molecule has 8 heteroatoms. The third kappa shape index (κ3) is 6.63. The van der Waals surface area contributed by atoms with Crippen LogP contribution < -0.4 is 5.32 Å². The maximum atomic E-state index is 12.6. The Bertz CT molecular complexity index is 1010. The summed E-state index contributed by atoms with van der Waals surface area (Å²) in [6.07, 6.45) is 0.454. The van der Waals surface area contributed by atoms with Gasteiger partial charge in [0.25, 0.3) is 5.91 Å². The van der Waals surface area contributed by atoms with Crippen LogP contribution in [0.1, 0.15) is 49.2 Å². The topological polar surface area (TPSA) is 79.0 Å². The molecule has 33 heavy (non-hydrogen) atoms. The summed E-state index contributed by atoms with van der Waals surface area (Å²) in [6, 6.07) is 14.3. The Hall–Kier alpha value is -2.26. The molecule has 1 heterocycles. The molecule has 0 radical (unpaired) electrons. The van der Waals surface area contributed by atoms with Crippen molar-refractivity contribution in [3.05, 3.63) is 65.2 Å². The lowest BCUT2D eigenvalue weighted by Crippen LogP contribution is -2.44. The van der Waals surface area contributed by atoms with Gasteiger partial charge in [0.2, 0.25) is 10.0 Å². The number of benzene rings is 2. The molecule has 1 amide bonds. The molecule has 3 rings (SSSR count).